The third-order valence-electron chi connectivity index (χ3n) is 2.48. The smallest absolute Gasteiger partial charge is 0.240 e. The third-order valence-corrected chi connectivity index (χ3v) is 3.97. The Balaban J connectivity index is 4.60. The van der Waals surface area contributed by atoms with Gasteiger partial charge < -0.3 is 10.6 Å². The number of hydrogen-bond donors (Lipinski definition) is 1. The number of nitrogens with zero attached hydrogens (tertiary/aromatic N) is 1. The van der Waals surface area contributed by atoms with Crippen LogP contribution in [0.15, 0.2) is 0 Å². The summed E-state index contributed by atoms with van der Waals surface area (Å²) >= 11 is 0. The Kier molecular flexibility index (Phi) is 6.59. The van der Waals surface area contributed by atoms with Crippen LogP contribution in [0.3, 0.4) is 0 Å². The minimum absolute atomic E-state index is 0.346. The zero-order valence-electron chi connectivity index (χ0n) is 10.3. The Morgan fingerprint density at radius 1 is 1.38 bits per heavy atom. The van der Waals surface area contributed by atoms with Crippen molar-refractivity contribution in [3.63, 3.8) is 0 Å². The zero-order valence-corrected chi connectivity index (χ0v) is 11.1. The van der Waals surface area contributed by atoms with E-state index in [9.17, 15) is 13.2 Å². The summed E-state index contributed by atoms with van der Waals surface area (Å²) in [6.07, 6.45) is 2.90. The van der Waals surface area contributed by atoms with E-state index < -0.39 is 15.1 Å². The largest absolute Gasteiger partial charge is 0.340 e. The zero-order chi connectivity index (χ0) is 12.8. The molecule has 1 amide bonds. The first-order valence-electron chi connectivity index (χ1n) is 5.52. The van der Waals surface area contributed by atoms with E-state index in [4.69, 9.17) is 5.73 Å². The Morgan fingerprint density at radius 2 is 1.94 bits per heavy atom. The highest BCUT2D eigenvalue weighted by Crippen LogP contribution is 2.05. The number of carbonyl (C=O) groups excluding carboxylic acids is 1. The van der Waals surface area contributed by atoms with Crippen LogP contribution >= 0.6 is 0 Å². The first-order chi connectivity index (χ1) is 7.34. The number of sulfone groups is 1. The molecule has 0 aromatic heterocycles. The summed E-state index contributed by atoms with van der Waals surface area (Å²) in [5, 5.41) is -0.976. The van der Waals surface area contributed by atoms with Crippen molar-refractivity contribution in [3.8, 4) is 0 Å². The van der Waals surface area contributed by atoms with Gasteiger partial charge in [-0.1, -0.05) is 13.3 Å². The predicted octanol–water partition coefficient (Wildman–Crippen LogP) is 0.00690. The van der Waals surface area contributed by atoms with Crippen LogP contribution in [-0.4, -0.2) is 50.4 Å². The van der Waals surface area contributed by atoms with E-state index in [1.165, 1.54) is 11.8 Å². The molecule has 1 unspecified atom stereocenters. The molecule has 0 rings (SSSR count). The summed E-state index contributed by atoms with van der Waals surface area (Å²) in [7, 11) is -3.32. The molecule has 0 saturated heterocycles. The lowest BCUT2D eigenvalue weighted by Gasteiger charge is -2.24. The van der Waals surface area contributed by atoms with Crippen LogP contribution in [0.1, 0.15) is 26.7 Å². The second kappa shape index (κ2) is 6.85. The van der Waals surface area contributed by atoms with Crippen molar-refractivity contribution < 1.29 is 13.2 Å². The molecule has 0 bridgehead atoms. The summed E-state index contributed by atoms with van der Waals surface area (Å²) in [4.78, 5) is 13.4. The molecule has 0 aliphatic heterocycles. The number of rotatable bonds is 7. The van der Waals surface area contributed by atoms with Gasteiger partial charge in [-0.25, -0.2) is 8.42 Å². The maximum absolute atomic E-state index is 11.9. The molecule has 96 valence electrons. The lowest BCUT2D eigenvalue weighted by Crippen LogP contribution is -2.43. The Hall–Kier alpha value is -0.620. The molecular weight excluding hydrogens is 228 g/mol. The maximum atomic E-state index is 11.9. The molecule has 5 nitrogen and oxygen atoms in total. The number of nitrogens with two attached hydrogens (primary N) is 1. The molecule has 0 aromatic carbocycles. The molecule has 1 atom stereocenters. The van der Waals surface area contributed by atoms with E-state index >= 15 is 0 Å². The number of unbranched alkanes of at least 4 members (excludes halogenated alkanes) is 1. The van der Waals surface area contributed by atoms with E-state index in [1.54, 1.807) is 0 Å². The summed E-state index contributed by atoms with van der Waals surface area (Å²) in [6.45, 7) is 4.79. The van der Waals surface area contributed by atoms with Gasteiger partial charge in [-0.2, -0.15) is 0 Å². The van der Waals surface area contributed by atoms with Crippen LogP contribution in [-0.2, 0) is 14.6 Å². The van der Waals surface area contributed by atoms with Crippen molar-refractivity contribution >= 4 is 15.7 Å². The quantitative estimate of drug-likeness (QED) is 0.690. The lowest BCUT2D eigenvalue weighted by atomic mass is 10.3. The molecular formula is C10H22N2O3S. The van der Waals surface area contributed by atoms with E-state index in [2.05, 4.69) is 0 Å². The van der Waals surface area contributed by atoms with Gasteiger partial charge in [0.25, 0.3) is 0 Å². The lowest BCUT2D eigenvalue weighted by molar-refractivity contribution is -0.130. The minimum Gasteiger partial charge on any atom is -0.340 e. The molecule has 0 heterocycles. The highest BCUT2D eigenvalue weighted by Gasteiger charge is 2.27. The third kappa shape index (κ3) is 4.94. The molecule has 0 spiro atoms. The highest BCUT2D eigenvalue weighted by molar-refractivity contribution is 7.92. The second-order valence-corrected chi connectivity index (χ2v) is 6.31. The topological polar surface area (TPSA) is 80.5 Å². The molecule has 16 heavy (non-hydrogen) atoms. The van der Waals surface area contributed by atoms with Crippen LogP contribution in [0.2, 0.25) is 0 Å². The van der Waals surface area contributed by atoms with Crippen molar-refractivity contribution in [2.24, 2.45) is 5.73 Å². The fraction of sp³-hybridized carbons (Fsp3) is 0.900. The molecule has 0 saturated carbocycles. The van der Waals surface area contributed by atoms with E-state index in [1.807, 2.05) is 6.92 Å². The first kappa shape index (κ1) is 15.4. The van der Waals surface area contributed by atoms with E-state index in [-0.39, 0.29) is 5.91 Å². The average Bonchev–Trinajstić information content (AvgIpc) is 2.20. The summed E-state index contributed by atoms with van der Waals surface area (Å²) in [5.41, 5.74) is 5.40. The fourth-order valence-electron chi connectivity index (χ4n) is 1.28. The molecule has 0 radical (unpaired) electrons. The van der Waals surface area contributed by atoms with Gasteiger partial charge in [-0.05, 0) is 13.3 Å². The first-order valence-corrected chi connectivity index (χ1v) is 7.47. The molecule has 0 aliphatic rings. The van der Waals surface area contributed by atoms with Gasteiger partial charge >= 0.3 is 0 Å². The predicted molar refractivity (Wildman–Crippen MR) is 64.8 cm³/mol. The van der Waals surface area contributed by atoms with Gasteiger partial charge in [0.05, 0.1) is 0 Å². The summed E-state index contributed by atoms with van der Waals surface area (Å²) in [5.74, 6) is -0.346. The van der Waals surface area contributed by atoms with Crippen molar-refractivity contribution in [3.05, 3.63) is 0 Å². The molecule has 0 aliphatic carbocycles. The monoisotopic (exact) mass is 250 g/mol. The van der Waals surface area contributed by atoms with Crippen LogP contribution in [0.25, 0.3) is 0 Å². The van der Waals surface area contributed by atoms with Crippen molar-refractivity contribution in [1.82, 2.24) is 4.90 Å². The van der Waals surface area contributed by atoms with Gasteiger partial charge in [0.1, 0.15) is 5.25 Å². The van der Waals surface area contributed by atoms with Gasteiger partial charge in [0.15, 0.2) is 9.84 Å². The van der Waals surface area contributed by atoms with Crippen LogP contribution in [0.4, 0.5) is 0 Å². The van der Waals surface area contributed by atoms with Crippen molar-refractivity contribution in [2.45, 2.75) is 31.9 Å². The number of carbonyl (C=O) groups is 1. The highest BCUT2D eigenvalue weighted by atomic mass is 32.2. The Morgan fingerprint density at radius 3 is 2.31 bits per heavy atom. The second-order valence-electron chi connectivity index (χ2n) is 3.94. The molecule has 2 N–H and O–H groups in total. The number of hydrogen-bond acceptors (Lipinski definition) is 4. The summed E-state index contributed by atoms with van der Waals surface area (Å²) < 4.78 is 22.6. The standard InChI is InChI=1S/C10H22N2O3S/c1-4-5-7-12(8-6-11)10(13)9(2)16(3,14)15/h9H,4-8,11H2,1-3H3. The fourth-order valence-corrected chi connectivity index (χ4v) is 1.79. The molecule has 6 heteroatoms. The number of amides is 1. The van der Waals surface area contributed by atoms with Gasteiger partial charge in [0, 0.05) is 25.9 Å². The Labute approximate surface area is 97.9 Å². The van der Waals surface area contributed by atoms with Crippen LogP contribution in [0, 0.1) is 0 Å². The van der Waals surface area contributed by atoms with Crippen molar-refractivity contribution in [1.29, 1.82) is 0 Å². The Bertz CT molecular complexity index is 314. The van der Waals surface area contributed by atoms with Crippen LogP contribution < -0.4 is 5.73 Å². The van der Waals surface area contributed by atoms with Gasteiger partial charge in [0.2, 0.25) is 5.91 Å². The van der Waals surface area contributed by atoms with Gasteiger partial charge in [-0.15, -0.1) is 0 Å². The molecule has 0 fully saturated rings. The SMILES string of the molecule is CCCCN(CCN)C(=O)C(C)S(C)(=O)=O. The van der Waals surface area contributed by atoms with E-state index in [0.717, 1.165) is 19.1 Å². The van der Waals surface area contributed by atoms with Gasteiger partial charge in [-0.3, -0.25) is 4.79 Å². The van der Waals surface area contributed by atoms with Crippen LogP contribution in [0.5, 0.6) is 0 Å². The molecule has 0 aromatic rings. The maximum Gasteiger partial charge on any atom is 0.240 e. The average molecular weight is 250 g/mol. The van der Waals surface area contributed by atoms with Crippen molar-refractivity contribution in [2.75, 3.05) is 25.9 Å². The normalized spacial score (nSPS) is 13.5. The van der Waals surface area contributed by atoms with E-state index in [0.29, 0.717) is 19.6 Å². The minimum atomic E-state index is -3.32. The summed E-state index contributed by atoms with van der Waals surface area (Å²) in [6, 6.07) is 0.